The molecule has 2 heterocycles. The number of nitrogens with zero attached hydrogens (tertiary/aromatic N) is 3. The fourth-order valence-corrected chi connectivity index (χ4v) is 1.27. The summed E-state index contributed by atoms with van der Waals surface area (Å²) in [5.74, 6) is -1.91. The van der Waals surface area contributed by atoms with Crippen molar-refractivity contribution in [1.29, 1.82) is 0 Å². The standard InChI is InChI=1S/C9H8F3N5O2/c1-4-5(3-19-17-4)7(18)13-2-6-14-8(16-15-6)9(10,11)12/h3H,2H2,1H3,(H,13,18)(H,14,15,16). The molecule has 0 aliphatic heterocycles. The van der Waals surface area contributed by atoms with Crippen LogP contribution in [0, 0.1) is 6.92 Å². The lowest BCUT2D eigenvalue weighted by atomic mass is 10.2. The molecule has 0 aliphatic carbocycles. The largest absolute Gasteiger partial charge is 0.453 e. The summed E-state index contributed by atoms with van der Waals surface area (Å²) >= 11 is 0. The van der Waals surface area contributed by atoms with Crippen molar-refractivity contribution in [2.75, 3.05) is 0 Å². The van der Waals surface area contributed by atoms with E-state index in [1.807, 2.05) is 0 Å². The van der Waals surface area contributed by atoms with Crippen LogP contribution >= 0.6 is 0 Å². The first-order valence-corrected chi connectivity index (χ1v) is 5.05. The summed E-state index contributed by atoms with van der Waals surface area (Å²) in [6, 6.07) is 0. The first-order valence-electron chi connectivity index (χ1n) is 5.05. The summed E-state index contributed by atoms with van der Waals surface area (Å²) in [7, 11) is 0. The van der Waals surface area contributed by atoms with Crippen LogP contribution in [0.2, 0.25) is 0 Å². The van der Waals surface area contributed by atoms with Crippen LogP contribution in [0.1, 0.15) is 27.7 Å². The molecule has 0 atom stereocenters. The molecule has 7 nitrogen and oxygen atoms in total. The number of carbonyl (C=O) groups is 1. The van der Waals surface area contributed by atoms with Gasteiger partial charge in [0.25, 0.3) is 11.7 Å². The molecule has 1 amide bonds. The van der Waals surface area contributed by atoms with Gasteiger partial charge in [-0.15, -0.1) is 5.10 Å². The summed E-state index contributed by atoms with van der Waals surface area (Å²) in [6.07, 6.45) is -3.48. The first-order chi connectivity index (χ1) is 8.88. The predicted molar refractivity (Wildman–Crippen MR) is 53.8 cm³/mol. The molecule has 2 rings (SSSR count). The highest BCUT2D eigenvalue weighted by Crippen LogP contribution is 2.25. The maximum Gasteiger partial charge on any atom is 0.453 e. The Morgan fingerprint density at radius 2 is 2.26 bits per heavy atom. The van der Waals surface area contributed by atoms with Gasteiger partial charge in [0.1, 0.15) is 17.7 Å². The van der Waals surface area contributed by atoms with Gasteiger partial charge in [-0.3, -0.25) is 9.89 Å². The molecule has 0 aromatic carbocycles. The van der Waals surface area contributed by atoms with Gasteiger partial charge in [0.15, 0.2) is 0 Å². The van der Waals surface area contributed by atoms with Crippen LogP contribution in [-0.4, -0.2) is 26.2 Å². The monoisotopic (exact) mass is 275 g/mol. The number of aryl methyl sites for hydroxylation is 1. The number of nitrogens with one attached hydrogen (secondary N) is 2. The number of halogens is 3. The molecular weight excluding hydrogens is 267 g/mol. The maximum absolute atomic E-state index is 12.2. The van der Waals surface area contributed by atoms with Gasteiger partial charge in [-0.25, -0.2) is 4.98 Å². The Labute approximate surface area is 104 Å². The second-order valence-electron chi connectivity index (χ2n) is 3.60. The SMILES string of the molecule is Cc1nocc1C(=O)NCc1nc(C(F)(F)F)n[nH]1. The zero-order valence-corrected chi connectivity index (χ0v) is 9.58. The van der Waals surface area contributed by atoms with Crippen molar-refractivity contribution in [2.45, 2.75) is 19.6 Å². The molecule has 102 valence electrons. The molecule has 2 aromatic rings. The number of H-pyrrole nitrogens is 1. The van der Waals surface area contributed by atoms with Crippen molar-refractivity contribution in [3.8, 4) is 0 Å². The fraction of sp³-hybridized carbons (Fsp3) is 0.333. The average molecular weight is 275 g/mol. The highest BCUT2D eigenvalue weighted by atomic mass is 19.4. The predicted octanol–water partition coefficient (Wildman–Crippen LogP) is 1.05. The second kappa shape index (κ2) is 4.71. The molecule has 2 N–H and O–H groups in total. The first kappa shape index (κ1) is 13.1. The van der Waals surface area contributed by atoms with Crippen molar-refractivity contribution >= 4 is 5.91 Å². The van der Waals surface area contributed by atoms with Crippen molar-refractivity contribution < 1.29 is 22.5 Å². The Balaban J connectivity index is 1.98. The zero-order chi connectivity index (χ0) is 14.0. The van der Waals surface area contributed by atoms with E-state index in [9.17, 15) is 18.0 Å². The van der Waals surface area contributed by atoms with Crippen LogP contribution in [-0.2, 0) is 12.7 Å². The molecule has 2 aromatic heterocycles. The summed E-state index contributed by atoms with van der Waals surface area (Å²) < 4.78 is 41.2. The highest BCUT2D eigenvalue weighted by molar-refractivity contribution is 5.94. The van der Waals surface area contributed by atoms with Crippen LogP contribution < -0.4 is 5.32 Å². The van der Waals surface area contributed by atoms with Crippen molar-refractivity contribution in [3.05, 3.63) is 29.2 Å². The Hall–Kier alpha value is -2.39. The lowest BCUT2D eigenvalue weighted by Gasteiger charge is -2.00. The van der Waals surface area contributed by atoms with Gasteiger partial charge in [0, 0.05) is 0 Å². The van der Waals surface area contributed by atoms with E-state index >= 15 is 0 Å². The van der Waals surface area contributed by atoms with Gasteiger partial charge in [0.2, 0.25) is 0 Å². The van der Waals surface area contributed by atoms with E-state index in [4.69, 9.17) is 0 Å². The number of aromatic nitrogens is 4. The third-order valence-corrected chi connectivity index (χ3v) is 2.20. The summed E-state index contributed by atoms with van der Waals surface area (Å²) in [4.78, 5) is 14.8. The molecule has 0 bridgehead atoms. The van der Waals surface area contributed by atoms with E-state index in [2.05, 4.69) is 30.2 Å². The Morgan fingerprint density at radius 3 is 2.79 bits per heavy atom. The van der Waals surface area contributed by atoms with E-state index in [1.165, 1.54) is 0 Å². The third-order valence-electron chi connectivity index (χ3n) is 2.20. The van der Waals surface area contributed by atoms with Crippen LogP contribution in [0.15, 0.2) is 10.8 Å². The lowest BCUT2D eigenvalue weighted by molar-refractivity contribution is -0.144. The number of carbonyl (C=O) groups excluding carboxylic acids is 1. The van der Waals surface area contributed by atoms with E-state index in [1.54, 1.807) is 6.92 Å². The Kier molecular flexibility index (Phi) is 3.23. The van der Waals surface area contributed by atoms with E-state index in [0.29, 0.717) is 5.69 Å². The van der Waals surface area contributed by atoms with Crippen LogP contribution in [0.5, 0.6) is 0 Å². The summed E-state index contributed by atoms with van der Waals surface area (Å²) in [5, 5.41) is 11.0. The number of hydrogen-bond acceptors (Lipinski definition) is 5. The molecule has 0 unspecified atom stereocenters. The number of amides is 1. The zero-order valence-electron chi connectivity index (χ0n) is 9.58. The third kappa shape index (κ3) is 2.89. The van der Waals surface area contributed by atoms with Gasteiger partial charge >= 0.3 is 6.18 Å². The molecule has 0 fully saturated rings. The fourth-order valence-electron chi connectivity index (χ4n) is 1.27. The maximum atomic E-state index is 12.2. The number of aromatic amines is 1. The molecule has 0 saturated carbocycles. The molecule has 0 radical (unpaired) electrons. The van der Waals surface area contributed by atoms with Gasteiger partial charge in [-0.05, 0) is 6.92 Å². The van der Waals surface area contributed by atoms with Crippen LogP contribution in [0.25, 0.3) is 0 Å². The lowest BCUT2D eigenvalue weighted by Crippen LogP contribution is -2.23. The van der Waals surface area contributed by atoms with Gasteiger partial charge in [-0.2, -0.15) is 13.2 Å². The number of rotatable bonds is 3. The van der Waals surface area contributed by atoms with Gasteiger partial charge in [0.05, 0.1) is 12.2 Å². The molecule has 0 spiro atoms. The van der Waals surface area contributed by atoms with Crippen molar-refractivity contribution in [1.82, 2.24) is 25.7 Å². The molecule has 19 heavy (non-hydrogen) atoms. The Bertz CT molecular complexity index is 589. The minimum absolute atomic E-state index is 0.102. The van der Waals surface area contributed by atoms with E-state index in [-0.39, 0.29) is 17.9 Å². The number of hydrogen-bond donors (Lipinski definition) is 2. The topological polar surface area (TPSA) is 96.7 Å². The van der Waals surface area contributed by atoms with Crippen LogP contribution in [0.4, 0.5) is 13.2 Å². The second-order valence-corrected chi connectivity index (χ2v) is 3.60. The number of alkyl halides is 3. The quantitative estimate of drug-likeness (QED) is 0.872. The molecule has 0 saturated heterocycles. The normalized spacial score (nSPS) is 11.6. The average Bonchev–Trinajstić information content (AvgIpc) is 2.93. The minimum Gasteiger partial charge on any atom is -0.364 e. The molecule has 0 aliphatic rings. The van der Waals surface area contributed by atoms with Crippen molar-refractivity contribution in [3.63, 3.8) is 0 Å². The van der Waals surface area contributed by atoms with E-state index in [0.717, 1.165) is 6.26 Å². The van der Waals surface area contributed by atoms with Gasteiger partial charge in [-0.1, -0.05) is 5.16 Å². The Morgan fingerprint density at radius 1 is 1.53 bits per heavy atom. The van der Waals surface area contributed by atoms with E-state index < -0.39 is 17.9 Å². The molecule has 10 heteroatoms. The summed E-state index contributed by atoms with van der Waals surface area (Å²) in [5.41, 5.74) is 0.585. The smallest absolute Gasteiger partial charge is 0.364 e. The molecular formula is C9H8F3N5O2. The van der Waals surface area contributed by atoms with Crippen molar-refractivity contribution in [2.24, 2.45) is 0 Å². The minimum atomic E-state index is -4.62. The van der Waals surface area contributed by atoms with Gasteiger partial charge < -0.3 is 9.84 Å². The highest BCUT2D eigenvalue weighted by Gasteiger charge is 2.36. The summed E-state index contributed by atoms with van der Waals surface area (Å²) in [6.45, 7) is 1.35. The van der Waals surface area contributed by atoms with Crippen LogP contribution in [0.3, 0.4) is 0 Å².